The van der Waals surface area contributed by atoms with Gasteiger partial charge < -0.3 is 0 Å². The third-order valence-electron chi connectivity index (χ3n) is 3.16. The topological polar surface area (TPSA) is 0 Å². The molecule has 0 unspecified atom stereocenters. The van der Waals surface area contributed by atoms with Crippen LogP contribution >= 0.6 is 0 Å². The summed E-state index contributed by atoms with van der Waals surface area (Å²) in [5.41, 5.74) is 1.48. The Morgan fingerprint density at radius 3 is 1.75 bits per heavy atom. The summed E-state index contributed by atoms with van der Waals surface area (Å²) in [7, 11) is 0. The van der Waals surface area contributed by atoms with E-state index >= 15 is 0 Å². The first kappa shape index (κ1) is 15.7. The van der Waals surface area contributed by atoms with Crippen molar-refractivity contribution in [2.75, 3.05) is 0 Å². The minimum absolute atomic E-state index is 1.10. The van der Waals surface area contributed by atoms with Crippen LogP contribution in [0.25, 0.3) is 0 Å². The molecule has 0 rings (SSSR count). The second-order valence-corrected chi connectivity index (χ2v) is 4.93. The molecule has 0 fully saturated rings. The van der Waals surface area contributed by atoms with Crippen LogP contribution in [0.5, 0.6) is 0 Å². The number of unbranched alkanes of at least 4 members (excludes halogenated alkanes) is 8. The van der Waals surface area contributed by atoms with E-state index in [1.54, 1.807) is 0 Å². The molecule has 0 nitrogen and oxygen atoms in total. The van der Waals surface area contributed by atoms with E-state index in [9.17, 15) is 0 Å². The second kappa shape index (κ2) is 12.8. The Labute approximate surface area is 104 Å². The van der Waals surface area contributed by atoms with Gasteiger partial charge in [-0.1, -0.05) is 77.4 Å². The van der Waals surface area contributed by atoms with Crippen molar-refractivity contribution in [3.63, 3.8) is 0 Å². The molecular weight excluding hydrogens is 192 g/mol. The Balaban J connectivity index is 3.12. The van der Waals surface area contributed by atoms with Crippen molar-refractivity contribution in [1.82, 2.24) is 0 Å². The average molecular weight is 223 g/mol. The van der Waals surface area contributed by atoms with Gasteiger partial charge in [-0.15, -0.1) is 0 Å². The van der Waals surface area contributed by atoms with Crippen LogP contribution in [0.2, 0.25) is 0 Å². The zero-order valence-corrected chi connectivity index (χ0v) is 11.4. The lowest BCUT2D eigenvalue weighted by Gasteiger charge is -2.05. The number of hydrogen-bond donors (Lipinski definition) is 0. The molecule has 0 aromatic heterocycles. The van der Waals surface area contributed by atoms with Crippen LogP contribution in [0, 0.1) is 6.92 Å². The van der Waals surface area contributed by atoms with E-state index in [2.05, 4.69) is 20.4 Å². The minimum Gasteiger partial charge on any atom is -0.0999 e. The Morgan fingerprint density at radius 1 is 0.750 bits per heavy atom. The summed E-state index contributed by atoms with van der Waals surface area (Å²) >= 11 is 0. The fraction of sp³-hybridized carbons (Fsp3) is 0.812. The van der Waals surface area contributed by atoms with Gasteiger partial charge in [-0.3, -0.25) is 0 Å². The summed E-state index contributed by atoms with van der Waals surface area (Å²) in [6, 6.07) is 0. The Kier molecular flexibility index (Phi) is 12.6. The SMILES string of the molecule is [CH2]CCCCCCC(=C)CCCCCCC. The Morgan fingerprint density at radius 2 is 1.25 bits per heavy atom. The summed E-state index contributed by atoms with van der Waals surface area (Å²) in [6.07, 6.45) is 15.9. The van der Waals surface area contributed by atoms with Gasteiger partial charge in [0.25, 0.3) is 0 Å². The Bertz CT molecular complexity index is 130. The molecule has 0 heterocycles. The molecule has 0 aliphatic rings. The van der Waals surface area contributed by atoms with E-state index in [1.165, 1.54) is 76.2 Å². The quantitative estimate of drug-likeness (QED) is 0.278. The Hall–Kier alpha value is -0.260. The van der Waals surface area contributed by atoms with E-state index in [-0.39, 0.29) is 0 Å². The molecule has 0 heteroatoms. The van der Waals surface area contributed by atoms with E-state index in [0.29, 0.717) is 0 Å². The summed E-state index contributed by atoms with van der Waals surface area (Å²) in [5, 5.41) is 0. The van der Waals surface area contributed by atoms with Crippen LogP contribution in [-0.4, -0.2) is 0 Å². The maximum Gasteiger partial charge on any atom is -0.0323 e. The first-order valence-electron chi connectivity index (χ1n) is 7.27. The predicted molar refractivity (Wildman–Crippen MR) is 75.6 cm³/mol. The molecule has 95 valence electrons. The van der Waals surface area contributed by atoms with Crippen molar-refractivity contribution < 1.29 is 0 Å². The monoisotopic (exact) mass is 223 g/mol. The van der Waals surface area contributed by atoms with Gasteiger partial charge in [-0.2, -0.15) is 0 Å². The molecule has 0 aliphatic heterocycles. The molecule has 0 aromatic rings. The maximum atomic E-state index is 4.18. The van der Waals surface area contributed by atoms with E-state index in [4.69, 9.17) is 0 Å². The van der Waals surface area contributed by atoms with E-state index in [1.807, 2.05) is 0 Å². The molecule has 0 spiro atoms. The number of hydrogen-bond acceptors (Lipinski definition) is 0. The third-order valence-corrected chi connectivity index (χ3v) is 3.16. The molecule has 16 heavy (non-hydrogen) atoms. The maximum absolute atomic E-state index is 4.18. The molecule has 0 amide bonds. The predicted octanol–water partition coefficient (Wildman–Crippen LogP) is 6.08. The summed E-state index contributed by atoms with van der Waals surface area (Å²) in [6.45, 7) is 10.3. The van der Waals surface area contributed by atoms with Crippen LogP contribution in [0.3, 0.4) is 0 Å². The highest BCUT2D eigenvalue weighted by atomic mass is 14.0. The smallest absolute Gasteiger partial charge is 0.0323 e. The highest BCUT2D eigenvalue weighted by Gasteiger charge is 1.96. The van der Waals surface area contributed by atoms with Crippen LogP contribution in [0.15, 0.2) is 12.2 Å². The lowest BCUT2D eigenvalue weighted by Crippen LogP contribution is -1.85. The fourth-order valence-corrected chi connectivity index (χ4v) is 2.01. The molecule has 0 aromatic carbocycles. The van der Waals surface area contributed by atoms with Crippen molar-refractivity contribution in [2.45, 2.75) is 84.0 Å². The molecule has 0 N–H and O–H groups in total. The standard InChI is InChI=1S/C16H31/c1-4-6-8-10-12-14-16(3)15-13-11-9-7-5-2/h1,3-15H2,2H3. The van der Waals surface area contributed by atoms with E-state index in [0.717, 1.165) is 6.42 Å². The van der Waals surface area contributed by atoms with Gasteiger partial charge in [0.15, 0.2) is 0 Å². The van der Waals surface area contributed by atoms with Crippen molar-refractivity contribution in [3.8, 4) is 0 Å². The van der Waals surface area contributed by atoms with Crippen molar-refractivity contribution >= 4 is 0 Å². The van der Waals surface area contributed by atoms with Gasteiger partial charge in [-0.05, 0) is 25.7 Å². The fourth-order valence-electron chi connectivity index (χ4n) is 2.01. The lowest BCUT2D eigenvalue weighted by molar-refractivity contribution is 0.605. The summed E-state index contributed by atoms with van der Waals surface area (Å²) in [5.74, 6) is 0. The summed E-state index contributed by atoms with van der Waals surface area (Å²) < 4.78 is 0. The van der Waals surface area contributed by atoms with Gasteiger partial charge in [0.1, 0.15) is 0 Å². The molecule has 0 saturated carbocycles. The lowest BCUT2D eigenvalue weighted by atomic mass is 10.0. The van der Waals surface area contributed by atoms with Crippen molar-refractivity contribution in [3.05, 3.63) is 19.1 Å². The number of rotatable bonds is 12. The third kappa shape index (κ3) is 11.8. The summed E-state index contributed by atoms with van der Waals surface area (Å²) in [4.78, 5) is 0. The molecule has 1 radical (unpaired) electrons. The van der Waals surface area contributed by atoms with Crippen LogP contribution in [-0.2, 0) is 0 Å². The van der Waals surface area contributed by atoms with Gasteiger partial charge in [0.2, 0.25) is 0 Å². The van der Waals surface area contributed by atoms with Crippen molar-refractivity contribution in [2.24, 2.45) is 0 Å². The first-order valence-corrected chi connectivity index (χ1v) is 7.27. The van der Waals surface area contributed by atoms with Gasteiger partial charge in [-0.25, -0.2) is 0 Å². The average Bonchev–Trinajstić information content (AvgIpc) is 2.28. The van der Waals surface area contributed by atoms with Crippen LogP contribution in [0.1, 0.15) is 84.0 Å². The van der Waals surface area contributed by atoms with Crippen LogP contribution < -0.4 is 0 Å². The number of allylic oxidation sites excluding steroid dienone is 1. The van der Waals surface area contributed by atoms with Gasteiger partial charge >= 0.3 is 0 Å². The largest absolute Gasteiger partial charge is 0.0999 e. The molecule has 0 atom stereocenters. The molecule has 0 saturated heterocycles. The minimum atomic E-state index is 1.10. The normalized spacial score (nSPS) is 10.6. The van der Waals surface area contributed by atoms with Gasteiger partial charge in [0.05, 0.1) is 0 Å². The molecule has 0 aliphatic carbocycles. The highest BCUT2D eigenvalue weighted by molar-refractivity contribution is 4.93. The first-order chi connectivity index (χ1) is 7.81. The molecule has 0 bridgehead atoms. The van der Waals surface area contributed by atoms with Crippen molar-refractivity contribution in [1.29, 1.82) is 0 Å². The zero-order chi connectivity index (χ0) is 12.1. The zero-order valence-electron chi connectivity index (χ0n) is 11.4. The van der Waals surface area contributed by atoms with Crippen LogP contribution in [0.4, 0.5) is 0 Å². The highest BCUT2D eigenvalue weighted by Crippen LogP contribution is 2.16. The second-order valence-electron chi connectivity index (χ2n) is 4.93. The van der Waals surface area contributed by atoms with E-state index < -0.39 is 0 Å². The molecular formula is C16H31. The van der Waals surface area contributed by atoms with Gasteiger partial charge in [0, 0.05) is 0 Å².